The molecule has 2 unspecified atom stereocenters. The Kier molecular flexibility index (Phi) is 8.02. The first-order valence-electron chi connectivity index (χ1n) is 5.74. The highest BCUT2D eigenvalue weighted by Gasteiger charge is 2.07. The molecule has 2 atom stereocenters. The van der Waals surface area contributed by atoms with Crippen LogP contribution >= 0.6 is 23.7 Å². The molecule has 0 radical (unpaired) electrons. The molecule has 0 saturated carbocycles. The van der Waals surface area contributed by atoms with Crippen molar-refractivity contribution in [2.45, 2.75) is 51.6 Å². The van der Waals surface area contributed by atoms with E-state index in [1.54, 1.807) is 0 Å². The van der Waals surface area contributed by atoms with Crippen LogP contribution in [-0.2, 0) is 12.8 Å². The predicted octanol–water partition coefficient (Wildman–Crippen LogP) is 2.73. The number of hydrogen-bond acceptors (Lipinski definition) is 3. The third-order valence-corrected chi connectivity index (χ3v) is 3.82. The first-order chi connectivity index (χ1) is 7.15. The largest absolute Gasteiger partial charge is 0.327 e. The molecule has 0 spiro atoms. The molecule has 4 heteroatoms. The second kappa shape index (κ2) is 8.07. The molecule has 1 aromatic heterocycles. The SMILES string of the molecule is CCC(N)Cc1ccc(CC(N)CC)s1.Cl. The van der Waals surface area contributed by atoms with E-state index < -0.39 is 0 Å². The summed E-state index contributed by atoms with van der Waals surface area (Å²) in [6, 6.07) is 4.99. The minimum atomic E-state index is 0. The summed E-state index contributed by atoms with van der Waals surface area (Å²) in [6.07, 6.45) is 4.09. The van der Waals surface area contributed by atoms with Crippen LogP contribution in [0.2, 0.25) is 0 Å². The van der Waals surface area contributed by atoms with Crippen molar-refractivity contribution in [3.63, 3.8) is 0 Å². The predicted molar refractivity (Wildman–Crippen MR) is 75.5 cm³/mol. The fourth-order valence-electron chi connectivity index (χ4n) is 1.45. The van der Waals surface area contributed by atoms with Gasteiger partial charge < -0.3 is 11.5 Å². The fraction of sp³-hybridized carbons (Fsp3) is 0.667. The van der Waals surface area contributed by atoms with E-state index in [4.69, 9.17) is 11.5 Å². The van der Waals surface area contributed by atoms with Gasteiger partial charge in [0, 0.05) is 21.8 Å². The van der Waals surface area contributed by atoms with E-state index >= 15 is 0 Å². The van der Waals surface area contributed by atoms with Crippen LogP contribution in [0.15, 0.2) is 12.1 Å². The van der Waals surface area contributed by atoms with Gasteiger partial charge in [0.25, 0.3) is 0 Å². The molecule has 1 heterocycles. The van der Waals surface area contributed by atoms with E-state index in [2.05, 4.69) is 26.0 Å². The molecule has 0 aliphatic rings. The number of nitrogens with two attached hydrogens (primary N) is 2. The van der Waals surface area contributed by atoms with E-state index in [9.17, 15) is 0 Å². The van der Waals surface area contributed by atoms with Gasteiger partial charge in [-0.15, -0.1) is 23.7 Å². The second-order valence-electron chi connectivity index (χ2n) is 4.11. The van der Waals surface area contributed by atoms with Crippen molar-refractivity contribution in [3.05, 3.63) is 21.9 Å². The van der Waals surface area contributed by atoms with Gasteiger partial charge in [-0.25, -0.2) is 0 Å². The average Bonchev–Trinajstić information content (AvgIpc) is 2.65. The molecular formula is C12H23ClN2S. The lowest BCUT2D eigenvalue weighted by molar-refractivity contribution is 0.651. The molecule has 1 rings (SSSR count). The maximum atomic E-state index is 5.92. The Bertz CT molecular complexity index is 262. The zero-order valence-electron chi connectivity index (χ0n) is 10.1. The Labute approximate surface area is 109 Å². The van der Waals surface area contributed by atoms with Gasteiger partial charge in [-0.3, -0.25) is 0 Å². The Balaban J connectivity index is 0.00000225. The van der Waals surface area contributed by atoms with E-state index in [1.165, 1.54) is 9.75 Å². The smallest absolute Gasteiger partial charge is 0.00845 e. The van der Waals surface area contributed by atoms with Crippen molar-refractivity contribution in [1.82, 2.24) is 0 Å². The minimum absolute atomic E-state index is 0. The van der Waals surface area contributed by atoms with Gasteiger partial charge in [0.1, 0.15) is 0 Å². The van der Waals surface area contributed by atoms with Crippen LogP contribution in [0.4, 0.5) is 0 Å². The number of hydrogen-bond donors (Lipinski definition) is 2. The molecule has 2 nitrogen and oxygen atoms in total. The molecule has 0 aliphatic heterocycles. The average molecular weight is 263 g/mol. The van der Waals surface area contributed by atoms with Crippen LogP contribution in [0.1, 0.15) is 36.4 Å². The summed E-state index contributed by atoms with van der Waals surface area (Å²) < 4.78 is 0. The van der Waals surface area contributed by atoms with Crippen LogP contribution in [0.5, 0.6) is 0 Å². The Morgan fingerprint density at radius 2 is 1.38 bits per heavy atom. The molecule has 0 amide bonds. The van der Waals surface area contributed by atoms with Crippen LogP contribution in [0.25, 0.3) is 0 Å². The lowest BCUT2D eigenvalue weighted by Crippen LogP contribution is -2.21. The summed E-state index contributed by atoms with van der Waals surface area (Å²) in [5, 5.41) is 0. The van der Waals surface area contributed by atoms with Crippen molar-refractivity contribution >= 4 is 23.7 Å². The minimum Gasteiger partial charge on any atom is -0.327 e. The van der Waals surface area contributed by atoms with E-state index in [1.807, 2.05) is 11.3 Å². The summed E-state index contributed by atoms with van der Waals surface area (Å²) in [5.74, 6) is 0. The maximum absolute atomic E-state index is 5.92. The van der Waals surface area contributed by atoms with Gasteiger partial charge in [-0.2, -0.15) is 0 Å². The normalized spacial score (nSPS) is 14.2. The van der Waals surface area contributed by atoms with Gasteiger partial charge >= 0.3 is 0 Å². The molecule has 4 N–H and O–H groups in total. The molecular weight excluding hydrogens is 240 g/mol. The van der Waals surface area contributed by atoms with Gasteiger partial charge in [0.05, 0.1) is 0 Å². The summed E-state index contributed by atoms with van der Waals surface area (Å²) in [6.45, 7) is 4.26. The van der Waals surface area contributed by atoms with Crippen molar-refractivity contribution < 1.29 is 0 Å². The van der Waals surface area contributed by atoms with Gasteiger partial charge in [0.15, 0.2) is 0 Å². The Morgan fingerprint density at radius 1 is 1.00 bits per heavy atom. The van der Waals surface area contributed by atoms with Crippen LogP contribution in [0.3, 0.4) is 0 Å². The highest BCUT2D eigenvalue weighted by molar-refractivity contribution is 7.12. The summed E-state index contributed by atoms with van der Waals surface area (Å²) in [5.41, 5.74) is 11.8. The standard InChI is InChI=1S/C12H22N2S.ClH/c1-3-9(13)7-11-5-6-12(15-11)8-10(14)4-2;/h5-6,9-10H,3-4,7-8,13-14H2,1-2H3;1H. The molecule has 1 aromatic rings. The van der Waals surface area contributed by atoms with Crippen molar-refractivity contribution in [1.29, 1.82) is 0 Å². The van der Waals surface area contributed by atoms with Crippen LogP contribution in [0, 0.1) is 0 Å². The topological polar surface area (TPSA) is 52.0 Å². The molecule has 0 fully saturated rings. The lowest BCUT2D eigenvalue weighted by Gasteiger charge is -2.06. The molecule has 94 valence electrons. The van der Waals surface area contributed by atoms with Crippen LogP contribution in [-0.4, -0.2) is 12.1 Å². The zero-order valence-corrected chi connectivity index (χ0v) is 11.7. The van der Waals surface area contributed by atoms with Crippen LogP contribution < -0.4 is 11.5 Å². The molecule has 0 saturated heterocycles. The Hall–Kier alpha value is -0.0900. The molecule has 0 aromatic carbocycles. The summed E-state index contributed by atoms with van der Waals surface area (Å²) >= 11 is 1.86. The highest BCUT2D eigenvalue weighted by Crippen LogP contribution is 2.19. The fourth-order valence-corrected chi connectivity index (χ4v) is 2.65. The second-order valence-corrected chi connectivity index (χ2v) is 5.37. The van der Waals surface area contributed by atoms with Gasteiger partial charge in [0.2, 0.25) is 0 Å². The first-order valence-corrected chi connectivity index (χ1v) is 6.56. The number of rotatable bonds is 6. The first kappa shape index (κ1) is 15.9. The highest BCUT2D eigenvalue weighted by atomic mass is 35.5. The van der Waals surface area contributed by atoms with Gasteiger partial charge in [-0.05, 0) is 37.8 Å². The van der Waals surface area contributed by atoms with E-state index in [0.29, 0.717) is 12.1 Å². The molecule has 0 bridgehead atoms. The molecule has 16 heavy (non-hydrogen) atoms. The maximum Gasteiger partial charge on any atom is 0.00845 e. The number of halogens is 1. The number of thiophene rings is 1. The van der Waals surface area contributed by atoms with E-state index in [-0.39, 0.29) is 12.4 Å². The summed E-state index contributed by atoms with van der Waals surface area (Å²) in [7, 11) is 0. The van der Waals surface area contributed by atoms with Gasteiger partial charge in [-0.1, -0.05) is 13.8 Å². The van der Waals surface area contributed by atoms with Crippen molar-refractivity contribution in [3.8, 4) is 0 Å². The molecule has 0 aliphatic carbocycles. The van der Waals surface area contributed by atoms with Crippen molar-refractivity contribution in [2.24, 2.45) is 11.5 Å². The lowest BCUT2D eigenvalue weighted by atomic mass is 10.1. The zero-order chi connectivity index (χ0) is 11.3. The van der Waals surface area contributed by atoms with E-state index in [0.717, 1.165) is 25.7 Å². The Morgan fingerprint density at radius 3 is 1.69 bits per heavy atom. The third-order valence-electron chi connectivity index (χ3n) is 2.69. The van der Waals surface area contributed by atoms with Crippen molar-refractivity contribution in [2.75, 3.05) is 0 Å². The summed E-state index contributed by atoms with van der Waals surface area (Å²) in [4.78, 5) is 2.78. The third kappa shape index (κ3) is 5.30. The quantitative estimate of drug-likeness (QED) is 0.828. The monoisotopic (exact) mass is 262 g/mol.